The molecular formula is C18H42ClO3PSi. The Morgan fingerprint density at radius 3 is 1.71 bits per heavy atom. The molecule has 3 nitrogen and oxygen atoms in total. The molecule has 0 aliphatic carbocycles. The second kappa shape index (κ2) is 17.2. The lowest BCUT2D eigenvalue weighted by molar-refractivity contribution is 0.122. The smallest absolute Gasteiger partial charge is 0.377 e. The minimum Gasteiger partial charge on any atom is -0.377 e. The van der Waals surface area contributed by atoms with Gasteiger partial charge in [0.1, 0.15) is 0 Å². The summed E-state index contributed by atoms with van der Waals surface area (Å²) in [5, 5.41) is 0. The summed E-state index contributed by atoms with van der Waals surface area (Å²) in [6, 6.07) is 0.932. The molecule has 1 atom stereocenters. The van der Waals surface area contributed by atoms with E-state index in [9.17, 15) is 0 Å². The number of halogens is 1. The fraction of sp³-hybridized carbons (Fsp3) is 1.00. The van der Waals surface area contributed by atoms with Crippen LogP contribution in [-0.2, 0) is 13.3 Å². The standard InChI is InChI=1S/C18H41O3PSi.ClH/c1-7-9-14-22(15-10-8-2)16-13-18(3)12-11-17-23(19-4,20-5)21-6;/h18H,7-17H2,1-6H3;1H. The van der Waals surface area contributed by atoms with Gasteiger partial charge in [0.05, 0.1) is 0 Å². The van der Waals surface area contributed by atoms with Crippen molar-refractivity contribution < 1.29 is 13.3 Å². The van der Waals surface area contributed by atoms with Crippen molar-refractivity contribution in [2.45, 2.75) is 71.8 Å². The fourth-order valence-electron chi connectivity index (χ4n) is 2.87. The minimum atomic E-state index is -2.36. The Bertz CT molecular complexity index is 252. The predicted octanol–water partition coefficient (Wildman–Crippen LogP) is 6.17. The average Bonchev–Trinajstić information content (AvgIpc) is 2.58. The molecule has 1 unspecified atom stereocenters. The molecule has 0 bridgehead atoms. The topological polar surface area (TPSA) is 27.7 Å². The van der Waals surface area contributed by atoms with Crippen LogP contribution >= 0.6 is 20.3 Å². The Labute approximate surface area is 160 Å². The van der Waals surface area contributed by atoms with Gasteiger partial charge in [-0.1, -0.05) is 40.0 Å². The van der Waals surface area contributed by atoms with Gasteiger partial charge in [-0.2, -0.15) is 0 Å². The van der Waals surface area contributed by atoms with Crippen molar-refractivity contribution in [3.05, 3.63) is 0 Å². The van der Waals surface area contributed by atoms with Gasteiger partial charge in [0.15, 0.2) is 0 Å². The predicted molar refractivity (Wildman–Crippen MR) is 113 cm³/mol. The van der Waals surface area contributed by atoms with Gasteiger partial charge in [-0.25, -0.2) is 0 Å². The third-order valence-corrected chi connectivity index (χ3v) is 10.3. The molecule has 148 valence electrons. The van der Waals surface area contributed by atoms with E-state index in [2.05, 4.69) is 20.8 Å². The highest BCUT2D eigenvalue weighted by Crippen LogP contribution is 2.39. The van der Waals surface area contributed by atoms with Crippen LogP contribution in [-0.4, -0.2) is 48.6 Å². The highest BCUT2D eigenvalue weighted by atomic mass is 35.5. The third kappa shape index (κ3) is 12.2. The quantitative estimate of drug-likeness (QED) is 0.229. The summed E-state index contributed by atoms with van der Waals surface area (Å²) in [7, 11) is 3.04. The molecule has 0 fully saturated rings. The summed E-state index contributed by atoms with van der Waals surface area (Å²) < 4.78 is 16.5. The average molecular weight is 401 g/mol. The van der Waals surface area contributed by atoms with Gasteiger partial charge in [0.25, 0.3) is 0 Å². The van der Waals surface area contributed by atoms with E-state index in [1.165, 1.54) is 57.0 Å². The maximum Gasteiger partial charge on any atom is 0.500 e. The lowest BCUT2D eigenvalue weighted by Crippen LogP contribution is -2.42. The first-order valence-corrected chi connectivity index (χ1v) is 13.3. The Balaban J connectivity index is 0. The molecule has 0 aliphatic rings. The van der Waals surface area contributed by atoms with Gasteiger partial charge in [0.2, 0.25) is 0 Å². The fourth-order valence-corrected chi connectivity index (χ4v) is 7.62. The minimum absolute atomic E-state index is 0. The van der Waals surface area contributed by atoms with Crippen LogP contribution in [0.1, 0.15) is 65.7 Å². The molecule has 0 aromatic rings. The van der Waals surface area contributed by atoms with Crippen molar-refractivity contribution in [1.82, 2.24) is 0 Å². The van der Waals surface area contributed by atoms with Crippen molar-refractivity contribution in [3.8, 4) is 0 Å². The van der Waals surface area contributed by atoms with Crippen molar-refractivity contribution in [2.75, 3.05) is 39.8 Å². The zero-order chi connectivity index (χ0) is 17.6. The van der Waals surface area contributed by atoms with E-state index in [-0.39, 0.29) is 20.3 Å². The van der Waals surface area contributed by atoms with Crippen molar-refractivity contribution >= 4 is 29.1 Å². The van der Waals surface area contributed by atoms with Crippen LogP contribution in [0.5, 0.6) is 0 Å². The molecule has 0 saturated carbocycles. The molecule has 6 heteroatoms. The Hall–Kier alpha value is 0.817. The van der Waals surface area contributed by atoms with E-state index in [0.717, 1.165) is 18.4 Å². The molecule has 0 spiro atoms. The van der Waals surface area contributed by atoms with Gasteiger partial charge < -0.3 is 13.3 Å². The molecule has 0 aromatic heterocycles. The van der Waals surface area contributed by atoms with E-state index in [4.69, 9.17) is 13.3 Å². The summed E-state index contributed by atoms with van der Waals surface area (Å²) in [6.45, 7) is 7.03. The lowest BCUT2D eigenvalue weighted by atomic mass is 10.0. The molecule has 0 aliphatic heterocycles. The van der Waals surface area contributed by atoms with Gasteiger partial charge in [-0.05, 0) is 50.1 Å². The summed E-state index contributed by atoms with van der Waals surface area (Å²) >= 11 is 0. The van der Waals surface area contributed by atoms with Crippen molar-refractivity contribution in [1.29, 1.82) is 0 Å². The molecule has 0 N–H and O–H groups in total. The number of rotatable bonds is 16. The van der Waals surface area contributed by atoms with Crippen LogP contribution in [0.2, 0.25) is 6.04 Å². The summed E-state index contributed by atoms with van der Waals surface area (Å²) in [5.41, 5.74) is 0. The SMILES string of the molecule is CCCCP(CCCC)CCC(C)CCC[Si](OC)(OC)OC.Cl. The van der Waals surface area contributed by atoms with Crippen molar-refractivity contribution in [2.24, 2.45) is 5.92 Å². The van der Waals surface area contributed by atoms with Gasteiger partial charge in [0, 0.05) is 27.4 Å². The number of hydrogen-bond acceptors (Lipinski definition) is 3. The van der Waals surface area contributed by atoms with Crippen LogP contribution < -0.4 is 0 Å². The largest absolute Gasteiger partial charge is 0.500 e. The van der Waals surface area contributed by atoms with Gasteiger partial charge in [-0.15, -0.1) is 20.3 Å². The van der Waals surface area contributed by atoms with E-state index in [1.807, 2.05) is 0 Å². The van der Waals surface area contributed by atoms with Crippen LogP contribution in [0.4, 0.5) is 0 Å². The summed E-state index contributed by atoms with van der Waals surface area (Å²) in [4.78, 5) is 0. The second-order valence-corrected chi connectivity index (χ2v) is 12.4. The van der Waals surface area contributed by atoms with E-state index < -0.39 is 8.80 Å². The maximum atomic E-state index is 5.50. The van der Waals surface area contributed by atoms with Crippen LogP contribution in [0.3, 0.4) is 0 Å². The summed E-state index contributed by atoms with van der Waals surface area (Å²) in [5.74, 6) is 0.806. The van der Waals surface area contributed by atoms with E-state index in [0.29, 0.717) is 0 Å². The highest BCUT2D eigenvalue weighted by molar-refractivity contribution is 7.57. The van der Waals surface area contributed by atoms with Crippen LogP contribution in [0.15, 0.2) is 0 Å². The first-order valence-electron chi connectivity index (χ1n) is 9.45. The molecular weight excluding hydrogens is 359 g/mol. The zero-order valence-electron chi connectivity index (χ0n) is 16.9. The number of unbranched alkanes of at least 4 members (excludes halogenated alkanes) is 2. The molecule has 24 heavy (non-hydrogen) atoms. The zero-order valence-corrected chi connectivity index (χ0v) is 19.6. The highest BCUT2D eigenvalue weighted by Gasteiger charge is 2.36. The molecule has 0 amide bonds. The molecule has 0 aromatic carbocycles. The maximum absolute atomic E-state index is 5.50. The lowest BCUT2D eigenvalue weighted by Gasteiger charge is -2.25. The first-order chi connectivity index (χ1) is 11.1. The van der Waals surface area contributed by atoms with E-state index >= 15 is 0 Å². The van der Waals surface area contributed by atoms with Crippen molar-refractivity contribution in [3.63, 3.8) is 0 Å². The van der Waals surface area contributed by atoms with Crippen LogP contribution in [0.25, 0.3) is 0 Å². The first kappa shape index (κ1) is 27.0. The van der Waals surface area contributed by atoms with Gasteiger partial charge >= 0.3 is 8.80 Å². The Kier molecular flexibility index (Phi) is 19.4. The third-order valence-electron chi connectivity index (χ3n) is 4.71. The monoisotopic (exact) mass is 400 g/mol. The second-order valence-electron chi connectivity index (χ2n) is 6.63. The molecule has 0 rings (SSSR count). The summed E-state index contributed by atoms with van der Waals surface area (Å²) in [6.07, 6.45) is 13.8. The molecule has 0 radical (unpaired) electrons. The van der Waals surface area contributed by atoms with Crippen LogP contribution in [0, 0.1) is 5.92 Å². The molecule has 0 heterocycles. The van der Waals surface area contributed by atoms with E-state index in [1.54, 1.807) is 21.3 Å². The normalized spacial score (nSPS) is 13.1. The van der Waals surface area contributed by atoms with Gasteiger partial charge in [-0.3, -0.25) is 0 Å². The Morgan fingerprint density at radius 1 is 0.792 bits per heavy atom. The number of hydrogen-bond donors (Lipinski definition) is 0. The Morgan fingerprint density at radius 2 is 1.29 bits per heavy atom. The molecule has 0 saturated heterocycles.